The first kappa shape index (κ1) is 21.7. The van der Waals surface area contributed by atoms with Crippen LogP contribution >= 0.6 is 0 Å². The Morgan fingerprint density at radius 1 is 1.46 bits per heavy atom. The molecule has 0 bridgehead atoms. The summed E-state index contributed by atoms with van der Waals surface area (Å²) in [5.74, 6) is -0.488. The van der Waals surface area contributed by atoms with E-state index in [1.807, 2.05) is 4.90 Å². The Morgan fingerprint density at radius 2 is 2.14 bits per heavy atom. The normalized spacial score (nSPS) is 15.5. The number of halogens is 1. The third-order valence-electron chi connectivity index (χ3n) is 3.96. The fourth-order valence-corrected chi connectivity index (χ4v) is 2.73. The van der Waals surface area contributed by atoms with Gasteiger partial charge in [0.1, 0.15) is 11.4 Å². The second-order valence-electron chi connectivity index (χ2n) is 7.39. The fourth-order valence-electron chi connectivity index (χ4n) is 2.73. The van der Waals surface area contributed by atoms with Gasteiger partial charge in [0.05, 0.1) is 43.8 Å². The Bertz CT molecular complexity index is 727. The lowest BCUT2D eigenvalue weighted by atomic mass is 10.2. The zero-order valence-corrected chi connectivity index (χ0v) is 16.3. The largest absolute Gasteiger partial charge is 0.443 e. The average Bonchev–Trinajstić information content (AvgIpc) is 2.63. The standard InChI is InChI=1S/C18H26FN5O4/c1-18(2,3)28-17(26)24(12-14(25)11-21-22-20)13-4-5-16(15(19)10-13)23-6-8-27-9-7-23/h4-5,10,14,25H,6-9,11-12H2,1-3H3/t14-/m0/s1. The van der Waals surface area contributed by atoms with Crippen LogP contribution in [-0.2, 0) is 9.47 Å². The van der Waals surface area contributed by atoms with Gasteiger partial charge in [0.2, 0.25) is 0 Å². The monoisotopic (exact) mass is 395 g/mol. The molecule has 1 N–H and O–H groups in total. The Morgan fingerprint density at radius 3 is 2.71 bits per heavy atom. The molecular weight excluding hydrogens is 369 g/mol. The van der Waals surface area contributed by atoms with Gasteiger partial charge in [0, 0.05) is 18.0 Å². The van der Waals surface area contributed by atoms with E-state index in [-0.39, 0.29) is 18.8 Å². The maximum absolute atomic E-state index is 14.7. The minimum Gasteiger partial charge on any atom is -0.443 e. The zero-order chi connectivity index (χ0) is 20.7. The van der Waals surface area contributed by atoms with Crippen molar-refractivity contribution in [3.63, 3.8) is 0 Å². The molecule has 1 saturated heterocycles. The van der Waals surface area contributed by atoms with Gasteiger partial charge in [-0.15, -0.1) is 0 Å². The highest BCUT2D eigenvalue weighted by atomic mass is 19.1. The van der Waals surface area contributed by atoms with Crippen LogP contribution < -0.4 is 9.80 Å². The first-order chi connectivity index (χ1) is 13.2. The summed E-state index contributed by atoms with van der Waals surface area (Å²) in [6.45, 7) is 6.92. The molecule has 1 aliphatic rings. The van der Waals surface area contributed by atoms with E-state index in [0.29, 0.717) is 32.0 Å². The zero-order valence-electron chi connectivity index (χ0n) is 16.3. The summed E-state index contributed by atoms with van der Waals surface area (Å²) in [5, 5.41) is 13.4. The Hall–Kier alpha value is -2.55. The number of nitrogens with zero attached hydrogens (tertiary/aromatic N) is 5. The molecular formula is C18H26FN5O4. The van der Waals surface area contributed by atoms with E-state index in [1.54, 1.807) is 32.9 Å². The number of azide groups is 1. The molecule has 1 atom stereocenters. The summed E-state index contributed by atoms with van der Waals surface area (Å²) in [7, 11) is 0. The minimum atomic E-state index is -1.12. The van der Waals surface area contributed by atoms with Gasteiger partial charge in [-0.05, 0) is 44.5 Å². The summed E-state index contributed by atoms with van der Waals surface area (Å²) in [6, 6.07) is 4.42. The molecule has 1 amide bonds. The van der Waals surface area contributed by atoms with Crippen LogP contribution in [0.3, 0.4) is 0 Å². The molecule has 1 heterocycles. The summed E-state index contributed by atoms with van der Waals surface area (Å²) < 4.78 is 25.4. The van der Waals surface area contributed by atoms with E-state index < -0.39 is 23.6 Å². The van der Waals surface area contributed by atoms with Crippen LogP contribution in [0.5, 0.6) is 0 Å². The van der Waals surface area contributed by atoms with E-state index in [1.165, 1.54) is 6.07 Å². The van der Waals surface area contributed by atoms with Crippen LogP contribution in [0, 0.1) is 5.82 Å². The molecule has 9 nitrogen and oxygen atoms in total. The highest BCUT2D eigenvalue weighted by molar-refractivity contribution is 5.88. The van der Waals surface area contributed by atoms with E-state index in [0.717, 1.165) is 4.90 Å². The lowest BCUT2D eigenvalue weighted by Gasteiger charge is -2.31. The van der Waals surface area contributed by atoms with Gasteiger partial charge < -0.3 is 19.5 Å². The molecule has 0 unspecified atom stereocenters. The smallest absolute Gasteiger partial charge is 0.414 e. The van der Waals surface area contributed by atoms with Gasteiger partial charge in [0.25, 0.3) is 0 Å². The maximum Gasteiger partial charge on any atom is 0.414 e. The van der Waals surface area contributed by atoms with Crippen molar-refractivity contribution in [1.82, 2.24) is 0 Å². The van der Waals surface area contributed by atoms with Crippen molar-refractivity contribution in [2.75, 3.05) is 49.2 Å². The number of rotatable bonds is 6. The summed E-state index contributed by atoms with van der Waals surface area (Å²) in [5.41, 5.74) is 8.29. The van der Waals surface area contributed by atoms with Crippen molar-refractivity contribution >= 4 is 17.5 Å². The number of aliphatic hydroxyl groups is 1. The second-order valence-corrected chi connectivity index (χ2v) is 7.39. The highest BCUT2D eigenvalue weighted by Gasteiger charge is 2.26. The average molecular weight is 395 g/mol. The van der Waals surface area contributed by atoms with Crippen molar-refractivity contribution in [1.29, 1.82) is 0 Å². The number of benzene rings is 1. The molecule has 1 aliphatic heterocycles. The molecule has 0 saturated carbocycles. The van der Waals surface area contributed by atoms with E-state index in [4.69, 9.17) is 15.0 Å². The van der Waals surface area contributed by atoms with E-state index in [2.05, 4.69) is 10.0 Å². The Balaban J connectivity index is 2.26. The second kappa shape index (κ2) is 9.59. The number of aliphatic hydroxyl groups excluding tert-OH is 1. The molecule has 154 valence electrons. The number of ether oxygens (including phenoxy) is 2. The lowest BCUT2D eigenvalue weighted by Crippen LogP contribution is -2.42. The number of hydrogen-bond acceptors (Lipinski definition) is 6. The molecule has 0 radical (unpaired) electrons. The van der Waals surface area contributed by atoms with Crippen molar-refractivity contribution < 1.29 is 23.8 Å². The van der Waals surface area contributed by atoms with Crippen LogP contribution in [0.1, 0.15) is 20.8 Å². The van der Waals surface area contributed by atoms with Gasteiger partial charge in [-0.2, -0.15) is 0 Å². The number of carbonyl (C=O) groups is 1. The molecule has 28 heavy (non-hydrogen) atoms. The number of amides is 1. The van der Waals surface area contributed by atoms with Gasteiger partial charge in [-0.1, -0.05) is 5.11 Å². The summed E-state index contributed by atoms with van der Waals surface area (Å²) in [6.07, 6.45) is -1.85. The predicted molar refractivity (Wildman–Crippen MR) is 103 cm³/mol. The van der Waals surface area contributed by atoms with Crippen LogP contribution in [0.4, 0.5) is 20.6 Å². The Kier molecular flexibility index (Phi) is 7.45. The van der Waals surface area contributed by atoms with Crippen molar-refractivity contribution in [2.24, 2.45) is 5.11 Å². The number of carbonyl (C=O) groups excluding carboxylic acids is 1. The Labute approximate surface area is 163 Å². The lowest BCUT2D eigenvalue weighted by molar-refractivity contribution is 0.0558. The van der Waals surface area contributed by atoms with Crippen molar-refractivity contribution in [3.8, 4) is 0 Å². The van der Waals surface area contributed by atoms with Gasteiger partial charge in [0.15, 0.2) is 0 Å². The molecule has 2 rings (SSSR count). The van der Waals surface area contributed by atoms with Crippen LogP contribution in [0.2, 0.25) is 0 Å². The number of morpholine rings is 1. The molecule has 10 heteroatoms. The third kappa shape index (κ3) is 6.26. The quantitative estimate of drug-likeness (QED) is 0.452. The SMILES string of the molecule is CC(C)(C)OC(=O)N(C[C@@H](O)CN=[N+]=[N-])c1ccc(N2CCOCC2)c(F)c1. The molecule has 1 aromatic carbocycles. The molecule has 1 fully saturated rings. The maximum atomic E-state index is 14.7. The van der Waals surface area contributed by atoms with Gasteiger partial charge >= 0.3 is 6.09 Å². The number of hydrogen-bond donors (Lipinski definition) is 1. The highest BCUT2D eigenvalue weighted by Crippen LogP contribution is 2.27. The van der Waals surface area contributed by atoms with Crippen molar-refractivity contribution in [2.45, 2.75) is 32.5 Å². The van der Waals surface area contributed by atoms with Gasteiger partial charge in [-0.25, -0.2) is 9.18 Å². The first-order valence-corrected chi connectivity index (χ1v) is 9.03. The minimum absolute atomic E-state index is 0.204. The van der Waals surface area contributed by atoms with Gasteiger partial charge in [-0.3, -0.25) is 4.90 Å². The van der Waals surface area contributed by atoms with Crippen LogP contribution in [-0.4, -0.2) is 62.3 Å². The summed E-state index contributed by atoms with van der Waals surface area (Å²) in [4.78, 5) is 18.2. The topological polar surface area (TPSA) is 111 Å². The summed E-state index contributed by atoms with van der Waals surface area (Å²) >= 11 is 0. The van der Waals surface area contributed by atoms with Crippen LogP contribution in [0.15, 0.2) is 23.3 Å². The van der Waals surface area contributed by atoms with Crippen molar-refractivity contribution in [3.05, 3.63) is 34.5 Å². The number of anilines is 2. The molecule has 1 aromatic rings. The first-order valence-electron chi connectivity index (χ1n) is 9.03. The molecule has 0 aliphatic carbocycles. The van der Waals surface area contributed by atoms with E-state index >= 15 is 0 Å². The predicted octanol–water partition coefficient (Wildman–Crippen LogP) is 3.08. The fraction of sp³-hybridized carbons (Fsp3) is 0.611. The van der Waals surface area contributed by atoms with E-state index in [9.17, 15) is 14.3 Å². The van der Waals surface area contributed by atoms with Crippen LogP contribution in [0.25, 0.3) is 10.4 Å². The molecule has 0 aromatic heterocycles. The third-order valence-corrected chi connectivity index (χ3v) is 3.96. The molecule has 0 spiro atoms.